The summed E-state index contributed by atoms with van der Waals surface area (Å²) < 4.78 is 1.38. The van der Waals surface area contributed by atoms with Gasteiger partial charge in [0.15, 0.2) is 17.5 Å². The summed E-state index contributed by atoms with van der Waals surface area (Å²) in [4.78, 5) is 2.45. The van der Waals surface area contributed by atoms with E-state index < -0.39 is 5.92 Å². The molecule has 0 aliphatic rings. The van der Waals surface area contributed by atoms with Crippen molar-refractivity contribution >= 4 is 0 Å². The molecule has 0 bridgehead atoms. The first-order valence-corrected chi connectivity index (χ1v) is 7.41. The Bertz CT molecular complexity index is 752. The summed E-state index contributed by atoms with van der Waals surface area (Å²) >= 11 is 0. The minimum atomic E-state index is -0.776. The van der Waals surface area contributed by atoms with E-state index in [4.69, 9.17) is 15.3 Å². The highest BCUT2D eigenvalue weighted by molar-refractivity contribution is 5.19. The normalized spacial score (nSPS) is 11.5. The van der Waals surface area contributed by atoms with E-state index >= 15 is 0 Å². The fourth-order valence-corrected chi connectivity index (χ4v) is 2.13. The minimum absolute atomic E-state index is 0.145. The third-order valence-electron chi connectivity index (χ3n) is 3.18. The monoisotopic (exact) mass is 352 g/mol. The van der Waals surface area contributed by atoms with Crippen molar-refractivity contribution in [1.82, 2.24) is 60.6 Å². The van der Waals surface area contributed by atoms with Gasteiger partial charge in [0.1, 0.15) is 5.92 Å². The van der Waals surface area contributed by atoms with Gasteiger partial charge in [-0.05, 0) is 20.9 Å². The maximum absolute atomic E-state index is 9.17. The summed E-state index contributed by atoms with van der Waals surface area (Å²) in [5, 5.41) is 62.5. The van der Waals surface area contributed by atoms with Crippen molar-refractivity contribution in [3.8, 4) is 0 Å². The summed E-state index contributed by atoms with van der Waals surface area (Å²) in [5.74, 6) is -0.0421. The van der Waals surface area contributed by atoms with Gasteiger partial charge in [-0.2, -0.15) is 9.59 Å². The van der Waals surface area contributed by atoms with Crippen LogP contribution in [0.3, 0.4) is 0 Å². The maximum Gasteiger partial charge on any atom is 0.193 e. The molecule has 0 saturated carbocycles. The number of hydrogen-bond donors (Lipinski definition) is 3. The Morgan fingerprint density at radius 3 is 1.80 bits per heavy atom. The molecule has 3 N–H and O–H groups in total. The second kappa shape index (κ2) is 7.77. The van der Waals surface area contributed by atoms with Gasteiger partial charge in [0.05, 0.1) is 39.5 Å². The van der Waals surface area contributed by atoms with Crippen LogP contribution in [0, 0.1) is 0 Å². The Kier molecular flexibility index (Phi) is 5.26. The largest absolute Gasteiger partial charge is 0.394 e. The number of hydrogen-bond acceptors (Lipinski definition) is 12. The van der Waals surface area contributed by atoms with E-state index in [9.17, 15) is 0 Å². The van der Waals surface area contributed by atoms with Gasteiger partial charge in [-0.25, -0.2) is 4.68 Å². The fourth-order valence-electron chi connectivity index (χ4n) is 2.13. The molecule has 0 radical (unpaired) electrons. The van der Waals surface area contributed by atoms with Gasteiger partial charge >= 0.3 is 0 Å². The molecule has 0 saturated heterocycles. The Balaban J connectivity index is 2.01. The summed E-state index contributed by atoms with van der Waals surface area (Å²) in [7, 11) is 0. The summed E-state index contributed by atoms with van der Waals surface area (Å²) in [5.41, 5.74) is 0. The van der Waals surface area contributed by atoms with Crippen molar-refractivity contribution in [1.29, 1.82) is 0 Å². The Morgan fingerprint density at radius 1 is 0.720 bits per heavy atom. The van der Waals surface area contributed by atoms with Gasteiger partial charge < -0.3 is 15.3 Å². The van der Waals surface area contributed by atoms with Crippen LogP contribution in [0.4, 0.5) is 0 Å². The zero-order chi connectivity index (χ0) is 17.6. The number of nitrogens with zero attached hydrogens (tertiary/aromatic N) is 12. The molecule has 0 amide bonds. The standard InChI is InChI=1S/C10H16N12O3/c23-4-1-20-10(13-16-19-20)7(8-11-17-21(14-8)2-5-24)9-12-18-22(15-9)3-6-25/h7,23-25H,1-6H2. The summed E-state index contributed by atoms with van der Waals surface area (Å²) in [6, 6.07) is 0. The van der Waals surface area contributed by atoms with E-state index in [1.54, 1.807) is 0 Å². The van der Waals surface area contributed by atoms with Gasteiger partial charge in [-0.3, -0.25) is 0 Å². The van der Waals surface area contributed by atoms with Crippen LogP contribution in [0.1, 0.15) is 23.4 Å². The van der Waals surface area contributed by atoms with Crippen molar-refractivity contribution in [3.05, 3.63) is 17.5 Å². The number of aliphatic hydroxyl groups is 3. The minimum Gasteiger partial charge on any atom is -0.394 e. The van der Waals surface area contributed by atoms with Gasteiger partial charge in [-0.15, -0.1) is 25.5 Å². The first-order chi connectivity index (χ1) is 12.3. The van der Waals surface area contributed by atoms with Crippen LogP contribution in [0.2, 0.25) is 0 Å². The Morgan fingerprint density at radius 2 is 1.28 bits per heavy atom. The molecule has 134 valence electrons. The van der Waals surface area contributed by atoms with E-state index in [-0.39, 0.29) is 51.1 Å². The van der Waals surface area contributed by atoms with Crippen LogP contribution in [0.5, 0.6) is 0 Å². The van der Waals surface area contributed by atoms with Crippen LogP contribution in [-0.2, 0) is 19.6 Å². The van der Waals surface area contributed by atoms with Crippen molar-refractivity contribution < 1.29 is 15.3 Å². The fraction of sp³-hybridized carbons (Fsp3) is 0.700. The van der Waals surface area contributed by atoms with Crippen LogP contribution in [0.25, 0.3) is 0 Å². The summed E-state index contributed by atoms with van der Waals surface area (Å²) in [6.45, 7) is 0.0492. The third-order valence-corrected chi connectivity index (χ3v) is 3.18. The van der Waals surface area contributed by atoms with E-state index in [0.717, 1.165) is 0 Å². The lowest BCUT2D eigenvalue weighted by molar-refractivity contribution is 0.258. The number of tetrazole rings is 3. The molecule has 15 nitrogen and oxygen atoms in total. The number of aliphatic hydroxyl groups excluding tert-OH is 3. The molecule has 0 aliphatic carbocycles. The quantitative estimate of drug-likeness (QED) is 0.337. The molecular formula is C10H16N12O3. The molecule has 0 unspecified atom stereocenters. The molecule has 0 aliphatic heterocycles. The smallest absolute Gasteiger partial charge is 0.193 e. The predicted molar refractivity (Wildman–Crippen MR) is 75.7 cm³/mol. The highest BCUT2D eigenvalue weighted by Crippen LogP contribution is 2.24. The van der Waals surface area contributed by atoms with Gasteiger partial charge in [0.25, 0.3) is 0 Å². The number of rotatable bonds is 9. The first-order valence-electron chi connectivity index (χ1n) is 7.41. The molecule has 0 atom stereocenters. The number of aromatic nitrogens is 12. The lowest BCUT2D eigenvalue weighted by Crippen LogP contribution is -2.18. The third kappa shape index (κ3) is 3.62. The second-order valence-electron chi connectivity index (χ2n) is 4.85. The molecule has 0 fully saturated rings. The molecule has 3 aromatic heterocycles. The lowest BCUT2D eigenvalue weighted by atomic mass is 10.1. The van der Waals surface area contributed by atoms with Crippen LogP contribution < -0.4 is 0 Å². The predicted octanol–water partition coefficient (Wildman–Crippen LogP) is -4.20. The van der Waals surface area contributed by atoms with Crippen molar-refractivity contribution in [2.45, 2.75) is 25.6 Å². The average Bonchev–Trinajstić information content (AvgIpc) is 3.33. The molecule has 25 heavy (non-hydrogen) atoms. The van der Waals surface area contributed by atoms with E-state index in [1.807, 2.05) is 0 Å². The molecule has 0 aromatic carbocycles. The molecular weight excluding hydrogens is 336 g/mol. The Labute approximate surface area is 139 Å². The van der Waals surface area contributed by atoms with E-state index in [1.165, 1.54) is 14.3 Å². The zero-order valence-electron chi connectivity index (χ0n) is 13.0. The SMILES string of the molecule is OCCn1nnc(C(c2nnn(CCO)n2)c2nnnn2CCO)n1. The molecule has 3 rings (SSSR count). The van der Waals surface area contributed by atoms with Gasteiger partial charge in [0, 0.05) is 0 Å². The van der Waals surface area contributed by atoms with Crippen molar-refractivity contribution in [3.63, 3.8) is 0 Å². The van der Waals surface area contributed by atoms with E-state index in [2.05, 4.69) is 46.3 Å². The van der Waals surface area contributed by atoms with Crippen LogP contribution >= 0.6 is 0 Å². The molecule has 0 spiro atoms. The van der Waals surface area contributed by atoms with Crippen molar-refractivity contribution in [2.75, 3.05) is 19.8 Å². The first kappa shape index (κ1) is 16.9. The average molecular weight is 352 g/mol. The van der Waals surface area contributed by atoms with E-state index in [0.29, 0.717) is 5.82 Å². The molecule has 15 heteroatoms. The van der Waals surface area contributed by atoms with Crippen molar-refractivity contribution in [2.24, 2.45) is 0 Å². The topological polar surface area (TPSA) is 191 Å². The van der Waals surface area contributed by atoms with Gasteiger partial charge in [-0.1, -0.05) is 0 Å². The highest BCUT2D eigenvalue weighted by atomic mass is 16.3. The van der Waals surface area contributed by atoms with Crippen LogP contribution in [-0.4, -0.2) is 95.8 Å². The van der Waals surface area contributed by atoms with Gasteiger partial charge in [0.2, 0.25) is 0 Å². The maximum atomic E-state index is 9.17. The lowest BCUT2D eigenvalue weighted by Gasteiger charge is -2.08. The molecule has 3 heterocycles. The zero-order valence-corrected chi connectivity index (χ0v) is 13.0. The second-order valence-corrected chi connectivity index (χ2v) is 4.85. The molecule has 3 aromatic rings. The summed E-state index contributed by atoms with van der Waals surface area (Å²) in [6.07, 6.45) is 0. The van der Waals surface area contributed by atoms with Crippen LogP contribution in [0.15, 0.2) is 0 Å². The Hall–Kier alpha value is -2.91. The highest BCUT2D eigenvalue weighted by Gasteiger charge is 2.31.